The molecule has 2 fully saturated rings. The lowest BCUT2D eigenvalue weighted by atomic mass is 10.2. The molecule has 1 aromatic carbocycles. The van der Waals surface area contributed by atoms with E-state index in [0.717, 1.165) is 4.47 Å². The summed E-state index contributed by atoms with van der Waals surface area (Å²) in [5.74, 6) is -0.468. The van der Waals surface area contributed by atoms with E-state index in [2.05, 4.69) is 15.9 Å². The summed E-state index contributed by atoms with van der Waals surface area (Å²) < 4.78 is 0.922. The lowest BCUT2D eigenvalue weighted by Gasteiger charge is -2.17. The number of anilines is 1. The Hall–Kier alpha value is -1.20. The van der Waals surface area contributed by atoms with Crippen molar-refractivity contribution in [2.75, 3.05) is 11.4 Å². The van der Waals surface area contributed by atoms with E-state index in [1.807, 2.05) is 12.1 Å². The molecular formula is C12H11BrN2O2. The first-order valence-electron chi connectivity index (χ1n) is 5.48. The van der Waals surface area contributed by atoms with Gasteiger partial charge in [0.2, 0.25) is 11.8 Å². The summed E-state index contributed by atoms with van der Waals surface area (Å²) in [6, 6.07) is 7.17. The summed E-state index contributed by atoms with van der Waals surface area (Å²) in [5.41, 5.74) is 6.17. The van der Waals surface area contributed by atoms with Crippen molar-refractivity contribution >= 4 is 33.4 Å². The number of halogens is 1. The molecule has 2 amide bonds. The van der Waals surface area contributed by atoms with Crippen LogP contribution >= 0.6 is 15.9 Å². The highest BCUT2D eigenvalue weighted by Crippen LogP contribution is 2.53. The first-order chi connectivity index (χ1) is 8.15. The molecule has 1 aliphatic carbocycles. The minimum absolute atomic E-state index is 0.0710. The molecule has 1 aliphatic heterocycles. The highest BCUT2D eigenvalue weighted by atomic mass is 79.9. The standard InChI is InChI=1S/C12H11BrN2O2/c13-6-1-3-7(4-2-6)15-11(16)9-8(5-14)10(9)12(15)17/h1-4,8-10H,5,14H2. The average molecular weight is 295 g/mol. The molecule has 88 valence electrons. The number of amides is 2. The zero-order valence-corrected chi connectivity index (χ0v) is 10.6. The molecule has 1 saturated heterocycles. The molecule has 1 saturated carbocycles. The molecule has 5 heteroatoms. The number of imide groups is 1. The molecule has 0 spiro atoms. The van der Waals surface area contributed by atoms with E-state index in [1.54, 1.807) is 12.1 Å². The van der Waals surface area contributed by atoms with Crippen molar-refractivity contribution in [3.63, 3.8) is 0 Å². The van der Waals surface area contributed by atoms with Crippen molar-refractivity contribution in [3.8, 4) is 0 Å². The van der Waals surface area contributed by atoms with Crippen molar-refractivity contribution < 1.29 is 9.59 Å². The van der Waals surface area contributed by atoms with Gasteiger partial charge in [0, 0.05) is 4.47 Å². The molecule has 2 unspecified atom stereocenters. The SMILES string of the molecule is NCC1C2C(=O)N(c3ccc(Br)cc3)C(=O)C12. The summed E-state index contributed by atoms with van der Waals surface area (Å²) in [5, 5.41) is 0. The first kappa shape index (κ1) is 10.9. The average Bonchev–Trinajstić information content (AvgIpc) is 2.99. The van der Waals surface area contributed by atoms with E-state index in [-0.39, 0.29) is 29.6 Å². The van der Waals surface area contributed by atoms with Gasteiger partial charge in [0.1, 0.15) is 0 Å². The zero-order valence-electron chi connectivity index (χ0n) is 8.97. The van der Waals surface area contributed by atoms with E-state index in [9.17, 15) is 9.59 Å². The van der Waals surface area contributed by atoms with Crippen molar-refractivity contribution in [2.24, 2.45) is 23.5 Å². The Morgan fingerprint density at radius 3 is 2.12 bits per heavy atom. The third kappa shape index (κ3) is 1.46. The number of benzene rings is 1. The highest BCUT2D eigenvalue weighted by molar-refractivity contribution is 9.10. The van der Waals surface area contributed by atoms with Gasteiger partial charge < -0.3 is 5.73 Å². The Kier molecular flexibility index (Phi) is 2.34. The molecular weight excluding hydrogens is 284 g/mol. The number of rotatable bonds is 2. The number of hydrogen-bond donors (Lipinski definition) is 1. The molecule has 2 N–H and O–H groups in total. The predicted molar refractivity (Wildman–Crippen MR) is 66.2 cm³/mol. The van der Waals surface area contributed by atoms with Gasteiger partial charge in [-0.2, -0.15) is 0 Å². The Morgan fingerprint density at radius 2 is 1.65 bits per heavy atom. The highest BCUT2D eigenvalue weighted by Gasteiger charge is 2.66. The molecule has 0 aromatic heterocycles. The molecule has 3 rings (SSSR count). The lowest BCUT2D eigenvalue weighted by molar-refractivity contribution is -0.124. The minimum atomic E-state index is -0.170. The van der Waals surface area contributed by atoms with Gasteiger partial charge in [-0.15, -0.1) is 0 Å². The van der Waals surface area contributed by atoms with Crippen LogP contribution in [0.15, 0.2) is 28.7 Å². The van der Waals surface area contributed by atoms with E-state index in [0.29, 0.717) is 12.2 Å². The smallest absolute Gasteiger partial charge is 0.238 e. The Balaban J connectivity index is 1.90. The van der Waals surface area contributed by atoms with Crippen LogP contribution in [0.5, 0.6) is 0 Å². The molecule has 4 nitrogen and oxygen atoms in total. The van der Waals surface area contributed by atoms with E-state index >= 15 is 0 Å². The van der Waals surface area contributed by atoms with Crippen LogP contribution in [0.4, 0.5) is 5.69 Å². The van der Waals surface area contributed by atoms with Gasteiger partial charge in [0.05, 0.1) is 17.5 Å². The monoisotopic (exact) mass is 294 g/mol. The van der Waals surface area contributed by atoms with Crippen molar-refractivity contribution in [1.82, 2.24) is 0 Å². The molecule has 0 bridgehead atoms. The quantitative estimate of drug-likeness (QED) is 0.832. The number of carbonyl (C=O) groups is 2. The van der Waals surface area contributed by atoms with E-state index in [1.165, 1.54) is 4.90 Å². The van der Waals surface area contributed by atoms with Crippen LogP contribution in [0.3, 0.4) is 0 Å². The Morgan fingerprint density at radius 1 is 1.12 bits per heavy atom. The van der Waals surface area contributed by atoms with Gasteiger partial charge >= 0.3 is 0 Å². The van der Waals surface area contributed by atoms with Gasteiger partial charge in [-0.1, -0.05) is 15.9 Å². The summed E-state index contributed by atoms with van der Waals surface area (Å²) in [4.78, 5) is 25.4. The second kappa shape index (κ2) is 3.65. The molecule has 1 aromatic rings. The largest absolute Gasteiger partial charge is 0.330 e. The third-order valence-corrected chi connectivity index (χ3v) is 4.07. The summed E-state index contributed by atoms with van der Waals surface area (Å²) in [7, 11) is 0. The van der Waals surface area contributed by atoms with Crippen LogP contribution in [0.1, 0.15) is 0 Å². The maximum atomic E-state index is 12.0. The molecule has 2 atom stereocenters. The Bertz CT molecular complexity index is 478. The van der Waals surface area contributed by atoms with Gasteiger partial charge in [-0.05, 0) is 36.7 Å². The van der Waals surface area contributed by atoms with Gasteiger partial charge in [0.25, 0.3) is 0 Å². The van der Waals surface area contributed by atoms with Gasteiger partial charge in [-0.3, -0.25) is 14.5 Å². The normalized spacial score (nSPS) is 30.7. The minimum Gasteiger partial charge on any atom is -0.330 e. The first-order valence-corrected chi connectivity index (χ1v) is 6.28. The van der Waals surface area contributed by atoms with Crippen LogP contribution in [-0.4, -0.2) is 18.4 Å². The zero-order chi connectivity index (χ0) is 12.2. The summed E-state index contributed by atoms with van der Waals surface area (Å²) >= 11 is 3.32. The number of nitrogens with zero attached hydrogens (tertiary/aromatic N) is 1. The summed E-state index contributed by atoms with van der Waals surface area (Å²) in [6.07, 6.45) is 0. The van der Waals surface area contributed by atoms with Gasteiger partial charge in [-0.25, -0.2) is 0 Å². The summed E-state index contributed by atoms with van der Waals surface area (Å²) in [6.45, 7) is 0.418. The molecule has 2 aliphatic rings. The second-order valence-electron chi connectivity index (χ2n) is 4.44. The second-order valence-corrected chi connectivity index (χ2v) is 5.36. The van der Waals surface area contributed by atoms with Crippen LogP contribution < -0.4 is 10.6 Å². The lowest BCUT2D eigenvalue weighted by Crippen LogP contribution is -2.35. The molecule has 0 radical (unpaired) electrons. The van der Waals surface area contributed by atoms with Crippen LogP contribution in [0, 0.1) is 17.8 Å². The van der Waals surface area contributed by atoms with Gasteiger partial charge in [0.15, 0.2) is 0 Å². The molecule has 17 heavy (non-hydrogen) atoms. The maximum Gasteiger partial charge on any atom is 0.238 e. The van der Waals surface area contributed by atoms with Crippen molar-refractivity contribution in [3.05, 3.63) is 28.7 Å². The fraction of sp³-hybridized carbons (Fsp3) is 0.333. The van der Waals surface area contributed by atoms with Crippen LogP contribution in [0.2, 0.25) is 0 Å². The Labute approximate surface area is 107 Å². The predicted octanol–water partition coefficient (Wildman–Crippen LogP) is 1.14. The maximum absolute atomic E-state index is 12.0. The fourth-order valence-corrected chi connectivity index (χ4v) is 2.86. The van der Waals surface area contributed by atoms with Crippen LogP contribution in [-0.2, 0) is 9.59 Å². The number of piperidine rings is 1. The van der Waals surface area contributed by atoms with Crippen molar-refractivity contribution in [2.45, 2.75) is 0 Å². The number of hydrogen-bond acceptors (Lipinski definition) is 3. The van der Waals surface area contributed by atoms with Crippen molar-refractivity contribution in [1.29, 1.82) is 0 Å². The topological polar surface area (TPSA) is 63.4 Å². The van der Waals surface area contributed by atoms with E-state index < -0.39 is 0 Å². The number of nitrogens with two attached hydrogens (primary N) is 1. The van der Waals surface area contributed by atoms with E-state index in [4.69, 9.17) is 5.73 Å². The number of carbonyl (C=O) groups excluding carboxylic acids is 2. The number of fused-ring (bicyclic) bond motifs is 1. The molecule has 1 heterocycles. The van der Waals surface area contributed by atoms with Crippen LogP contribution in [0.25, 0.3) is 0 Å². The third-order valence-electron chi connectivity index (χ3n) is 3.54. The fourth-order valence-electron chi connectivity index (χ4n) is 2.59.